The van der Waals surface area contributed by atoms with Gasteiger partial charge in [-0.25, -0.2) is 26.3 Å². The summed E-state index contributed by atoms with van der Waals surface area (Å²) < 4.78 is 59.1. The number of nitrogens with one attached hydrogen (secondary N) is 2. The zero-order valence-corrected chi connectivity index (χ0v) is 18.2. The fraction of sp³-hybridized carbons (Fsp3) is 0.625. The molecule has 2 N–H and O–H groups in total. The molecule has 1 saturated heterocycles. The van der Waals surface area contributed by atoms with Crippen LogP contribution >= 0.6 is 0 Å². The fourth-order valence-electron chi connectivity index (χ4n) is 3.06. The maximum Gasteiger partial charge on any atom is 0.309 e. The predicted octanol–water partition coefficient (Wildman–Crippen LogP) is -0.894. The minimum Gasteiger partial charge on any atom is -0.466 e. The summed E-state index contributed by atoms with van der Waals surface area (Å²) in [5.74, 6) is -0.816. The molecule has 1 fully saturated rings. The number of hydrogen-bond donors (Lipinski definition) is 2. The molecule has 0 unspecified atom stereocenters. The van der Waals surface area contributed by atoms with E-state index in [0.29, 0.717) is 32.5 Å². The lowest BCUT2D eigenvalue weighted by atomic mass is 9.97. The number of aromatic nitrogens is 1. The monoisotopic (exact) mass is 450 g/mol. The number of nitrogens with zero attached hydrogens (tertiary/aromatic N) is 2. The first-order chi connectivity index (χ1) is 13.6. The largest absolute Gasteiger partial charge is 0.466 e. The van der Waals surface area contributed by atoms with Gasteiger partial charge in [0.25, 0.3) is 0 Å². The molecule has 2 heterocycles. The number of amides is 1. The molecule has 0 atom stereocenters. The summed E-state index contributed by atoms with van der Waals surface area (Å²) in [6.45, 7) is 2.55. The van der Waals surface area contributed by atoms with Crippen LogP contribution in [0.2, 0.25) is 0 Å². The maximum absolute atomic E-state index is 12.6. The van der Waals surface area contributed by atoms with E-state index in [4.69, 9.17) is 4.74 Å². The van der Waals surface area contributed by atoms with Crippen molar-refractivity contribution >= 4 is 31.9 Å². The molecule has 1 aromatic rings. The quantitative estimate of drug-likeness (QED) is 0.489. The highest BCUT2D eigenvalue weighted by molar-refractivity contribution is 7.92. The summed E-state index contributed by atoms with van der Waals surface area (Å²) in [6.07, 6.45) is 3.18. The molecule has 1 aromatic heterocycles. The number of piperidine rings is 1. The second-order valence-electron chi connectivity index (χ2n) is 6.48. The van der Waals surface area contributed by atoms with Crippen molar-refractivity contribution in [2.24, 2.45) is 5.92 Å². The number of rotatable bonds is 8. The van der Waals surface area contributed by atoms with Crippen LogP contribution in [0.1, 0.15) is 19.8 Å². The zero-order chi connectivity index (χ0) is 21.8. The number of esters is 1. The molecule has 0 radical (unpaired) electrons. The topological polar surface area (TPSA) is 144 Å². The fourth-order valence-corrected chi connectivity index (χ4v) is 5.34. The summed E-state index contributed by atoms with van der Waals surface area (Å²) in [7, 11) is -5.77. The van der Waals surface area contributed by atoms with Gasteiger partial charge in [0.05, 0.1) is 12.5 Å². The van der Waals surface area contributed by atoms with Crippen LogP contribution in [0.3, 0.4) is 0 Å². The van der Waals surface area contributed by atoms with Crippen molar-refractivity contribution in [3.05, 3.63) is 12.4 Å². The minimum absolute atomic E-state index is 0.227. The normalized spacial score (nSPS) is 16.0. The van der Waals surface area contributed by atoms with Gasteiger partial charge in [0, 0.05) is 25.5 Å². The molecule has 0 spiro atoms. The Hall–Kier alpha value is -1.96. The molecule has 0 aliphatic carbocycles. The molecule has 1 aliphatic rings. The van der Waals surface area contributed by atoms with E-state index in [0.717, 1.165) is 12.4 Å². The van der Waals surface area contributed by atoms with Crippen LogP contribution in [-0.2, 0) is 40.9 Å². The van der Waals surface area contributed by atoms with Crippen molar-refractivity contribution in [2.45, 2.75) is 36.1 Å². The summed E-state index contributed by atoms with van der Waals surface area (Å²) in [5, 5.41) is 0. The van der Waals surface area contributed by atoms with Gasteiger partial charge in [-0.3, -0.25) is 9.59 Å². The van der Waals surface area contributed by atoms with Gasteiger partial charge in [0.2, 0.25) is 26.0 Å². The van der Waals surface area contributed by atoms with Gasteiger partial charge in [0.1, 0.15) is 16.3 Å². The van der Waals surface area contributed by atoms with Crippen LogP contribution in [0.4, 0.5) is 0 Å². The first-order valence-corrected chi connectivity index (χ1v) is 12.0. The average molecular weight is 451 g/mol. The van der Waals surface area contributed by atoms with Crippen molar-refractivity contribution in [2.75, 3.05) is 33.8 Å². The van der Waals surface area contributed by atoms with Crippen LogP contribution in [0.15, 0.2) is 22.2 Å². The summed E-state index contributed by atoms with van der Waals surface area (Å²) >= 11 is 0. The molecule has 0 saturated carbocycles. The molecule has 0 aromatic carbocycles. The van der Waals surface area contributed by atoms with Crippen LogP contribution in [0.25, 0.3) is 0 Å². The summed E-state index contributed by atoms with van der Waals surface area (Å²) in [4.78, 5) is 25.1. The van der Waals surface area contributed by atoms with E-state index in [2.05, 4.69) is 9.44 Å². The highest BCUT2D eigenvalue weighted by Crippen LogP contribution is 2.23. The Morgan fingerprint density at radius 3 is 1.93 bits per heavy atom. The first-order valence-electron chi connectivity index (χ1n) is 9.07. The van der Waals surface area contributed by atoms with Crippen LogP contribution in [-0.4, -0.2) is 72.0 Å². The Morgan fingerprint density at radius 1 is 1.03 bits per heavy atom. The molecule has 13 heteroatoms. The molecule has 29 heavy (non-hydrogen) atoms. The number of carbonyl (C=O) groups is 2. The van der Waals surface area contributed by atoms with E-state index in [1.807, 2.05) is 0 Å². The van der Waals surface area contributed by atoms with Gasteiger partial charge < -0.3 is 14.2 Å². The van der Waals surface area contributed by atoms with Crippen LogP contribution < -0.4 is 9.44 Å². The zero-order valence-electron chi connectivity index (χ0n) is 16.5. The molecule has 1 aliphatic heterocycles. The highest BCUT2D eigenvalue weighted by Gasteiger charge is 2.30. The Bertz CT molecular complexity index is 910. The van der Waals surface area contributed by atoms with E-state index in [9.17, 15) is 26.4 Å². The Morgan fingerprint density at radius 2 is 1.52 bits per heavy atom. The van der Waals surface area contributed by atoms with E-state index >= 15 is 0 Å². The maximum atomic E-state index is 12.6. The van der Waals surface area contributed by atoms with Gasteiger partial charge in [-0.1, -0.05) is 0 Å². The van der Waals surface area contributed by atoms with Crippen molar-refractivity contribution in [1.29, 1.82) is 0 Å². The lowest BCUT2D eigenvalue weighted by molar-refractivity contribution is -0.151. The van der Waals surface area contributed by atoms with Gasteiger partial charge in [0.15, 0.2) is 0 Å². The van der Waals surface area contributed by atoms with Crippen molar-refractivity contribution in [3.8, 4) is 0 Å². The van der Waals surface area contributed by atoms with E-state index < -0.39 is 29.8 Å². The van der Waals surface area contributed by atoms with Crippen LogP contribution in [0.5, 0.6) is 0 Å². The number of ether oxygens (including phenoxy) is 1. The Labute approximate surface area is 170 Å². The third-order valence-electron chi connectivity index (χ3n) is 4.71. The SMILES string of the molecule is CCOC(=O)C1CCN(C(=O)Cn2cc(S(=O)(=O)NC)c(S(=O)(=O)NC)c2)CC1. The molecule has 1 amide bonds. The number of carbonyl (C=O) groups excluding carboxylic acids is 2. The van der Waals surface area contributed by atoms with Gasteiger partial charge in [-0.05, 0) is 33.9 Å². The molecular formula is C16H26N4O7S2. The van der Waals surface area contributed by atoms with Crippen LogP contribution in [0, 0.1) is 5.92 Å². The Balaban J connectivity index is 2.16. The predicted molar refractivity (Wildman–Crippen MR) is 103 cm³/mol. The molecule has 0 bridgehead atoms. The molecule has 11 nitrogen and oxygen atoms in total. The second-order valence-corrected chi connectivity index (χ2v) is 10.2. The number of hydrogen-bond acceptors (Lipinski definition) is 7. The molecule has 164 valence electrons. The second kappa shape index (κ2) is 9.24. The summed E-state index contributed by atoms with van der Waals surface area (Å²) in [6, 6.07) is 0. The van der Waals surface area contributed by atoms with Crippen molar-refractivity contribution in [3.63, 3.8) is 0 Å². The standard InChI is InChI=1S/C16H26N4O7S2/c1-4-27-16(22)12-5-7-20(8-6-12)15(21)11-19-9-13(28(23,24)17-2)14(10-19)29(25,26)18-3/h9-10,12,17-18H,4-8,11H2,1-3H3. The first kappa shape index (κ1) is 23.3. The third kappa shape index (κ3) is 5.35. The van der Waals surface area contributed by atoms with E-state index in [1.54, 1.807) is 11.8 Å². The lowest BCUT2D eigenvalue weighted by Gasteiger charge is -2.31. The number of sulfonamides is 2. The van der Waals surface area contributed by atoms with Crippen molar-refractivity contribution in [1.82, 2.24) is 18.9 Å². The van der Waals surface area contributed by atoms with Gasteiger partial charge in [-0.2, -0.15) is 0 Å². The van der Waals surface area contributed by atoms with E-state index in [-0.39, 0.29) is 24.3 Å². The molecule has 2 rings (SSSR count). The smallest absolute Gasteiger partial charge is 0.309 e. The number of likely N-dealkylation sites (tertiary alicyclic amines) is 1. The van der Waals surface area contributed by atoms with Gasteiger partial charge >= 0.3 is 5.97 Å². The van der Waals surface area contributed by atoms with Gasteiger partial charge in [-0.15, -0.1) is 0 Å². The summed E-state index contributed by atoms with van der Waals surface area (Å²) in [5.41, 5.74) is 0. The van der Waals surface area contributed by atoms with E-state index in [1.165, 1.54) is 18.7 Å². The average Bonchev–Trinajstić information content (AvgIpc) is 3.14. The van der Waals surface area contributed by atoms with Crippen molar-refractivity contribution < 1.29 is 31.2 Å². The molecular weight excluding hydrogens is 424 g/mol. The minimum atomic E-state index is -4.05. The Kier molecular flexibility index (Phi) is 7.43. The lowest BCUT2D eigenvalue weighted by Crippen LogP contribution is -2.42. The highest BCUT2D eigenvalue weighted by atomic mass is 32.2. The third-order valence-corrected chi connectivity index (χ3v) is 7.72.